The van der Waals surface area contributed by atoms with E-state index in [0.717, 1.165) is 16.7 Å². The Labute approximate surface area is 124 Å². The number of phenols is 1. The molecule has 0 aromatic heterocycles. The molecule has 0 radical (unpaired) electrons. The van der Waals surface area contributed by atoms with Gasteiger partial charge in [0.05, 0.1) is 4.91 Å². The quantitative estimate of drug-likeness (QED) is 0.657. The van der Waals surface area contributed by atoms with Crippen LogP contribution < -0.4 is 0 Å². The van der Waals surface area contributed by atoms with Crippen LogP contribution in [0.4, 0.5) is 0 Å². The third kappa shape index (κ3) is 2.83. The first kappa shape index (κ1) is 14.5. The van der Waals surface area contributed by atoms with Gasteiger partial charge < -0.3 is 10.2 Å². The van der Waals surface area contributed by atoms with Crippen LogP contribution in [-0.2, 0) is 9.59 Å². The Morgan fingerprint density at radius 2 is 2.20 bits per heavy atom. The molecule has 0 bridgehead atoms. The number of rotatable bonds is 3. The van der Waals surface area contributed by atoms with E-state index in [-0.39, 0.29) is 10.1 Å². The maximum Gasteiger partial charge on any atom is 0.326 e. The van der Waals surface area contributed by atoms with Crippen LogP contribution in [0, 0.1) is 0 Å². The summed E-state index contributed by atoms with van der Waals surface area (Å²) in [6.45, 7) is 1.41. The average Bonchev–Trinajstić information content (AvgIpc) is 2.63. The number of amides is 1. The van der Waals surface area contributed by atoms with Gasteiger partial charge in [0.15, 0.2) is 0 Å². The van der Waals surface area contributed by atoms with Crippen LogP contribution in [0.5, 0.6) is 5.75 Å². The van der Waals surface area contributed by atoms with E-state index in [2.05, 4.69) is 0 Å². The molecule has 1 amide bonds. The third-order valence-electron chi connectivity index (χ3n) is 2.74. The number of carbonyl (C=O) groups is 2. The van der Waals surface area contributed by atoms with Crippen molar-refractivity contribution in [1.82, 2.24) is 4.90 Å². The number of benzene rings is 1. The number of carboxylic acids is 1. The standard InChI is InChI=1S/C13H11NO4S2/c1-7(12(17)18)14-11(16)10(20-13(14)19)6-8-3-2-4-9(15)5-8/h2-7,15H,1H3,(H,17,18)/b10-6-/t7-/m0/s1. The summed E-state index contributed by atoms with van der Waals surface area (Å²) in [6.07, 6.45) is 1.58. The number of thioether (sulfide) groups is 1. The zero-order chi connectivity index (χ0) is 14.9. The van der Waals surface area contributed by atoms with Crippen LogP contribution in [0.25, 0.3) is 6.08 Å². The predicted octanol–water partition coefficient (Wildman–Crippen LogP) is 2.07. The summed E-state index contributed by atoms with van der Waals surface area (Å²) in [5, 5.41) is 18.4. The second-order valence-electron chi connectivity index (χ2n) is 4.16. The zero-order valence-corrected chi connectivity index (χ0v) is 12.1. The normalized spacial score (nSPS) is 18.6. The summed E-state index contributed by atoms with van der Waals surface area (Å²) in [6, 6.07) is 5.41. The van der Waals surface area contributed by atoms with Crippen molar-refractivity contribution in [1.29, 1.82) is 0 Å². The molecule has 5 nitrogen and oxygen atoms in total. The van der Waals surface area contributed by atoms with Crippen molar-refractivity contribution < 1.29 is 19.8 Å². The molecule has 0 saturated carbocycles. The molecule has 0 spiro atoms. The van der Waals surface area contributed by atoms with E-state index in [0.29, 0.717) is 10.5 Å². The Morgan fingerprint density at radius 3 is 2.80 bits per heavy atom. The molecule has 1 fully saturated rings. The minimum atomic E-state index is -1.11. The minimum Gasteiger partial charge on any atom is -0.508 e. The average molecular weight is 309 g/mol. The third-order valence-corrected chi connectivity index (χ3v) is 4.07. The largest absolute Gasteiger partial charge is 0.508 e. The van der Waals surface area contributed by atoms with E-state index in [1.165, 1.54) is 19.1 Å². The predicted molar refractivity (Wildman–Crippen MR) is 80.2 cm³/mol. The molecular formula is C13H11NO4S2. The van der Waals surface area contributed by atoms with E-state index in [9.17, 15) is 14.7 Å². The minimum absolute atomic E-state index is 0.0909. The Kier molecular flexibility index (Phi) is 4.10. The highest BCUT2D eigenvalue weighted by atomic mass is 32.2. The molecule has 1 aromatic rings. The number of hydrogen-bond donors (Lipinski definition) is 2. The number of carbonyl (C=O) groups excluding carboxylic acids is 1. The van der Waals surface area contributed by atoms with Crippen molar-refractivity contribution in [3.05, 3.63) is 34.7 Å². The summed E-state index contributed by atoms with van der Waals surface area (Å²) >= 11 is 6.10. The van der Waals surface area contributed by atoms with E-state index >= 15 is 0 Å². The SMILES string of the molecule is C[C@@H](C(=O)O)N1C(=O)/C(=C/c2cccc(O)c2)SC1=S. The molecular weight excluding hydrogens is 298 g/mol. The molecule has 1 aliphatic rings. The van der Waals surface area contributed by atoms with Gasteiger partial charge in [0.2, 0.25) is 0 Å². The van der Waals surface area contributed by atoms with Crippen LogP contribution in [0.2, 0.25) is 0 Å². The first-order valence-electron chi connectivity index (χ1n) is 5.69. The van der Waals surface area contributed by atoms with Gasteiger partial charge >= 0.3 is 5.97 Å². The van der Waals surface area contributed by atoms with Crippen molar-refractivity contribution in [2.45, 2.75) is 13.0 Å². The van der Waals surface area contributed by atoms with E-state index in [1.807, 2.05) is 0 Å². The number of phenolic OH excluding ortho intramolecular Hbond substituents is 1. The Bertz CT molecular complexity index is 627. The first-order chi connectivity index (χ1) is 9.40. The molecule has 1 atom stereocenters. The highest BCUT2D eigenvalue weighted by Crippen LogP contribution is 2.34. The number of carboxylic acid groups (broad SMARTS) is 1. The lowest BCUT2D eigenvalue weighted by atomic mass is 10.2. The molecule has 0 unspecified atom stereocenters. The van der Waals surface area contributed by atoms with E-state index in [4.69, 9.17) is 17.3 Å². The first-order valence-corrected chi connectivity index (χ1v) is 6.91. The topological polar surface area (TPSA) is 77.8 Å². The molecule has 1 saturated heterocycles. The monoisotopic (exact) mass is 309 g/mol. The van der Waals surface area contributed by atoms with Crippen molar-refractivity contribution in [2.24, 2.45) is 0 Å². The van der Waals surface area contributed by atoms with Gasteiger partial charge in [0.1, 0.15) is 16.1 Å². The van der Waals surface area contributed by atoms with Crippen LogP contribution in [0.1, 0.15) is 12.5 Å². The van der Waals surface area contributed by atoms with Gasteiger partial charge in [-0.2, -0.15) is 0 Å². The summed E-state index contributed by atoms with van der Waals surface area (Å²) < 4.78 is 0.219. The van der Waals surface area contributed by atoms with Crippen molar-refractivity contribution in [2.75, 3.05) is 0 Å². The Balaban J connectivity index is 2.30. The molecule has 1 aliphatic heterocycles. The van der Waals surface area contributed by atoms with E-state index in [1.54, 1.807) is 18.2 Å². The molecule has 1 heterocycles. The van der Waals surface area contributed by atoms with Gasteiger partial charge in [0, 0.05) is 0 Å². The smallest absolute Gasteiger partial charge is 0.326 e. The fourth-order valence-electron chi connectivity index (χ4n) is 1.69. The highest BCUT2D eigenvalue weighted by Gasteiger charge is 2.38. The lowest BCUT2D eigenvalue weighted by Crippen LogP contribution is -2.41. The molecule has 104 valence electrons. The summed E-state index contributed by atoms with van der Waals surface area (Å²) in [4.78, 5) is 24.6. The fourth-order valence-corrected chi connectivity index (χ4v) is 3.11. The summed E-state index contributed by atoms with van der Waals surface area (Å²) in [5.74, 6) is -1.45. The second-order valence-corrected chi connectivity index (χ2v) is 5.84. The van der Waals surface area contributed by atoms with Crippen LogP contribution in [-0.4, -0.2) is 37.4 Å². The maximum absolute atomic E-state index is 12.2. The lowest BCUT2D eigenvalue weighted by molar-refractivity contribution is -0.144. The van der Waals surface area contributed by atoms with Crippen LogP contribution >= 0.6 is 24.0 Å². The highest BCUT2D eigenvalue weighted by molar-refractivity contribution is 8.26. The summed E-state index contributed by atoms with van der Waals surface area (Å²) in [5.41, 5.74) is 0.647. The number of hydrogen-bond acceptors (Lipinski definition) is 5. The summed E-state index contributed by atoms with van der Waals surface area (Å²) in [7, 11) is 0. The molecule has 20 heavy (non-hydrogen) atoms. The number of nitrogens with zero attached hydrogens (tertiary/aromatic N) is 1. The van der Waals surface area contributed by atoms with Crippen molar-refractivity contribution in [3.8, 4) is 5.75 Å². The van der Waals surface area contributed by atoms with Gasteiger partial charge in [-0.05, 0) is 30.7 Å². The molecule has 1 aromatic carbocycles. The molecule has 7 heteroatoms. The van der Waals surface area contributed by atoms with Crippen LogP contribution in [0.3, 0.4) is 0 Å². The number of aromatic hydroxyl groups is 1. The van der Waals surface area contributed by atoms with Crippen molar-refractivity contribution >= 4 is 46.3 Å². The van der Waals surface area contributed by atoms with Gasteiger partial charge in [-0.3, -0.25) is 9.69 Å². The lowest BCUT2D eigenvalue weighted by Gasteiger charge is -2.18. The second kappa shape index (κ2) is 5.64. The van der Waals surface area contributed by atoms with Crippen LogP contribution in [0.15, 0.2) is 29.2 Å². The van der Waals surface area contributed by atoms with Crippen molar-refractivity contribution in [3.63, 3.8) is 0 Å². The molecule has 2 rings (SSSR count). The number of aliphatic carboxylic acids is 1. The van der Waals surface area contributed by atoms with Gasteiger partial charge in [-0.25, -0.2) is 4.79 Å². The van der Waals surface area contributed by atoms with Gasteiger partial charge in [0.25, 0.3) is 5.91 Å². The Morgan fingerprint density at radius 1 is 1.50 bits per heavy atom. The maximum atomic E-state index is 12.2. The van der Waals surface area contributed by atoms with E-state index < -0.39 is 17.9 Å². The van der Waals surface area contributed by atoms with Gasteiger partial charge in [-0.1, -0.05) is 36.1 Å². The Hall–Kier alpha value is -1.86. The zero-order valence-electron chi connectivity index (χ0n) is 10.4. The molecule has 0 aliphatic carbocycles. The van der Waals surface area contributed by atoms with Gasteiger partial charge in [-0.15, -0.1) is 0 Å². The molecule has 2 N–H and O–H groups in total. The number of thiocarbonyl (C=S) groups is 1. The fraction of sp³-hybridized carbons (Fsp3) is 0.154.